The van der Waals surface area contributed by atoms with E-state index in [0.717, 1.165) is 47.0 Å². The first-order valence-electron chi connectivity index (χ1n) is 21.6. The fraction of sp³-hybridized carbons (Fsp3) is 0.711. The van der Waals surface area contributed by atoms with Crippen LogP contribution in [0.25, 0.3) is 11.4 Å². The number of carbonyl (C=O) groups excluding carboxylic acids is 2. The average Bonchev–Trinajstić information content (AvgIpc) is 3.96. The second-order valence-corrected chi connectivity index (χ2v) is 17.5. The molecule has 0 bridgehead atoms. The van der Waals surface area contributed by atoms with Gasteiger partial charge >= 0.3 is 0 Å². The van der Waals surface area contributed by atoms with Crippen molar-refractivity contribution in [2.75, 3.05) is 13.1 Å². The van der Waals surface area contributed by atoms with Gasteiger partial charge in [0.15, 0.2) is 0 Å². The summed E-state index contributed by atoms with van der Waals surface area (Å²) in [6.07, 6.45) is 31.6. The molecular formula is C45H71N3O2S2. The van der Waals surface area contributed by atoms with Crippen molar-refractivity contribution in [3.63, 3.8) is 0 Å². The second-order valence-electron chi connectivity index (χ2n) is 15.6. The van der Waals surface area contributed by atoms with Crippen molar-refractivity contribution < 1.29 is 9.59 Å². The fourth-order valence-electron chi connectivity index (χ4n) is 8.29. The number of amides is 2. The third-order valence-electron chi connectivity index (χ3n) is 11.3. The highest BCUT2D eigenvalue weighted by atomic mass is 32.1. The Morgan fingerprint density at radius 3 is 1.38 bits per heavy atom. The number of rotatable bonds is 30. The summed E-state index contributed by atoms with van der Waals surface area (Å²) < 4.78 is 0. The van der Waals surface area contributed by atoms with Crippen molar-refractivity contribution in [3.05, 3.63) is 50.1 Å². The molecule has 290 valence electrons. The molecule has 2 aromatic heterocycles. The largest absolute Gasteiger partial charge is 0.306 e. The van der Waals surface area contributed by atoms with Crippen LogP contribution in [0.1, 0.15) is 192 Å². The first-order chi connectivity index (χ1) is 25.5. The maximum Gasteiger partial charge on any atom is 0.261 e. The van der Waals surface area contributed by atoms with Crippen molar-refractivity contribution in [1.29, 1.82) is 0 Å². The lowest BCUT2D eigenvalue weighted by Gasteiger charge is -2.29. The van der Waals surface area contributed by atoms with Crippen molar-refractivity contribution in [2.24, 2.45) is 11.8 Å². The van der Waals surface area contributed by atoms with Crippen molar-refractivity contribution in [2.45, 2.75) is 182 Å². The Balaban J connectivity index is 1.63. The van der Waals surface area contributed by atoms with Crippen LogP contribution >= 0.6 is 22.7 Å². The fourth-order valence-corrected chi connectivity index (χ4v) is 9.77. The zero-order chi connectivity index (χ0) is 37.0. The van der Waals surface area contributed by atoms with E-state index in [2.05, 4.69) is 45.2 Å². The molecule has 2 aliphatic rings. The van der Waals surface area contributed by atoms with Crippen molar-refractivity contribution >= 4 is 45.9 Å². The first kappa shape index (κ1) is 42.5. The van der Waals surface area contributed by atoms with Crippen LogP contribution in [0.2, 0.25) is 0 Å². The summed E-state index contributed by atoms with van der Waals surface area (Å²) in [7, 11) is 0. The quantitative estimate of drug-likeness (QED) is 0.0747. The van der Waals surface area contributed by atoms with Crippen molar-refractivity contribution in [1.82, 2.24) is 14.8 Å². The van der Waals surface area contributed by atoms with Crippen LogP contribution in [-0.4, -0.2) is 39.7 Å². The Bertz CT molecular complexity index is 1260. The van der Waals surface area contributed by atoms with Crippen LogP contribution in [-0.2, 0) is 9.59 Å². The average molecular weight is 750 g/mol. The number of hydrogen-bond donors (Lipinski definition) is 0. The molecule has 0 spiro atoms. The van der Waals surface area contributed by atoms with Gasteiger partial charge in [-0.2, -0.15) is 0 Å². The minimum Gasteiger partial charge on any atom is -0.306 e. The van der Waals surface area contributed by atoms with Crippen LogP contribution in [0.3, 0.4) is 0 Å². The lowest BCUT2D eigenvalue weighted by Crippen LogP contribution is -2.34. The molecule has 0 radical (unpaired) electrons. The van der Waals surface area contributed by atoms with Gasteiger partial charge in [0.2, 0.25) is 0 Å². The monoisotopic (exact) mass is 749 g/mol. The van der Waals surface area contributed by atoms with Gasteiger partial charge in [-0.1, -0.05) is 162 Å². The van der Waals surface area contributed by atoms with Crippen LogP contribution in [0, 0.1) is 11.8 Å². The molecule has 52 heavy (non-hydrogen) atoms. The molecule has 2 amide bonds. The molecule has 4 heterocycles. The first-order valence-corrected chi connectivity index (χ1v) is 23.4. The summed E-state index contributed by atoms with van der Waals surface area (Å²) in [4.78, 5) is 39.6. The maximum absolute atomic E-state index is 14.9. The van der Waals surface area contributed by atoms with Gasteiger partial charge in [0.1, 0.15) is 5.01 Å². The predicted molar refractivity (Wildman–Crippen MR) is 224 cm³/mol. The summed E-state index contributed by atoms with van der Waals surface area (Å²) in [5, 5.41) is 4.86. The Kier molecular flexibility index (Phi) is 19.8. The molecule has 0 saturated carbocycles. The zero-order valence-electron chi connectivity index (χ0n) is 33.4. The van der Waals surface area contributed by atoms with Crippen molar-refractivity contribution in [3.8, 4) is 0 Å². The van der Waals surface area contributed by atoms with Crippen LogP contribution in [0.4, 0.5) is 0 Å². The summed E-state index contributed by atoms with van der Waals surface area (Å²) in [6.45, 7) is 10.5. The smallest absolute Gasteiger partial charge is 0.261 e. The Morgan fingerprint density at radius 2 is 0.962 bits per heavy atom. The van der Waals surface area contributed by atoms with Gasteiger partial charge in [-0.05, 0) is 49.0 Å². The number of aromatic nitrogens is 1. The lowest BCUT2D eigenvalue weighted by atomic mass is 9.93. The van der Waals surface area contributed by atoms with Gasteiger partial charge in [-0.25, -0.2) is 4.98 Å². The molecule has 2 atom stereocenters. The van der Waals surface area contributed by atoms with E-state index < -0.39 is 0 Å². The van der Waals surface area contributed by atoms with Crippen LogP contribution in [0.15, 0.2) is 40.2 Å². The predicted octanol–water partition coefficient (Wildman–Crippen LogP) is 13.7. The zero-order valence-corrected chi connectivity index (χ0v) is 35.0. The number of unbranched alkanes of at least 4 members (excludes halogenated alkanes) is 16. The number of thiophene rings is 1. The molecule has 0 saturated heterocycles. The van der Waals surface area contributed by atoms with E-state index >= 15 is 0 Å². The maximum atomic E-state index is 14.9. The highest BCUT2D eigenvalue weighted by molar-refractivity contribution is 7.11. The van der Waals surface area contributed by atoms with E-state index in [1.165, 1.54) is 128 Å². The molecule has 0 aliphatic carbocycles. The molecule has 2 aliphatic heterocycles. The number of nitrogens with zero attached hydrogens (tertiary/aromatic N) is 3. The van der Waals surface area contributed by atoms with Gasteiger partial charge in [0.25, 0.3) is 11.8 Å². The second kappa shape index (κ2) is 24.2. The minimum atomic E-state index is 0.0105. The number of carbonyl (C=O) groups is 2. The van der Waals surface area contributed by atoms with Gasteiger partial charge < -0.3 is 9.80 Å². The molecule has 0 aromatic carbocycles. The minimum absolute atomic E-state index is 0.0105. The highest BCUT2D eigenvalue weighted by Crippen LogP contribution is 2.48. The number of thiazole rings is 1. The van der Waals surface area contributed by atoms with E-state index in [1.54, 1.807) is 22.7 Å². The highest BCUT2D eigenvalue weighted by Gasteiger charge is 2.50. The summed E-state index contributed by atoms with van der Waals surface area (Å²) >= 11 is 3.20. The van der Waals surface area contributed by atoms with Gasteiger partial charge in [-0.15, -0.1) is 22.7 Å². The van der Waals surface area contributed by atoms with Gasteiger partial charge in [0.05, 0.1) is 27.4 Å². The molecule has 5 nitrogen and oxygen atoms in total. The SMILES string of the molecule is CCCCCCCCC(CCCCCC)CN1C(=O)C2=C(c3nccs3)N(CC(CCCCCC)CCCCCCCC)C(=O)C2=C1c1cccs1. The Labute approximate surface area is 325 Å². The molecule has 4 rings (SSSR count). The van der Waals surface area contributed by atoms with E-state index in [4.69, 9.17) is 4.98 Å². The molecule has 0 fully saturated rings. The number of hydrogen-bond acceptors (Lipinski definition) is 5. The summed E-state index contributed by atoms with van der Waals surface area (Å²) in [5.74, 6) is 0.872. The van der Waals surface area contributed by atoms with Gasteiger partial charge in [-0.3, -0.25) is 9.59 Å². The topological polar surface area (TPSA) is 53.5 Å². The normalized spacial score (nSPS) is 15.8. The van der Waals surface area contributed by atoms with E-state index in [1.807, 2.05) is 21.4 Å². The van der Waals surface area contributed by atoms with E-state index in [9.17, 15) is 9.59 Å². The molecular weight excluding hydrogens is 679 g/mol. The van der Waals surface area contributed by atoms with E-state index in [-0.39, 0.29) is 11.8 Å². The standard InChI is InChI=1S/C45H71N3O2S2/c1-5-9-13-17-19-23-28-36(26-21-15-11-7-3)34-47-41(38-30-25-32-51-38)39-40(45(47)50)42(43-46-31-33-52-43)48(44(39)49)35-37(27-22-16-12-8-4)29-24-20-18-14-10-6-2/h25,30-33,36-37H,5-24,26-29,34-35H2,1-4H3. The summed E-state index contributed by atoms with van der Waals surface area (Å²) in [6, 6.07) is 4.16. The number of fused-ring (bicyclic) bond motifs is 1. The Hall–Kier alpha value is -2.25. The Morgan fingerprint density at radius 1 is 0.538 bits per heavy atom. The molecule has 0 N–H and O–H groups in total. The van der Waals surface area contributed by atoms with Crippen LogP contribution < -0.4 is 0 Å². The molecule has 2 unspecified atom stereocenters. The molecule has 2 aromatic rings. The third-order valence-corrected chi connectivity index (χ3v) is 13.0. The van der Waals surface area contributed by atoms with E-state index in [0.29, 0.717) is 36.1 Å². The lowest BCUT2D eigenvalue weighted by molar-refractivity contribution is -0.124. The summed E-state index contributed by atoms with van der Waals surface area (Å²) in [5.41, 5.74) is 2.87. The third kappa shape index (κ3) is 12.4. The molecule has 7 heteroatoms. The van der Waals surface area contributed by atoms with Crippen LogP contribution in [0.5, 0.6) is 0 Å². The van der Waals surface area contributed by atoms with Gasteiger partial charge in [0, 0.05) is 24.7 Å².